The zero-order valence-corrected chi connectivity index (χ0v) is 17.0. The molecule has 5 heteroatoms. The van der Waals surface area contributed by atoms with Crippen molar-refractivity contribution in [2.75, 3.05) is 18.0 Å². The third-order valence-corrected chi connectivity index (χ3v) is 5.48. The second-order valence-electron chi connectivity index (χ2n) is 7.85. The molecule has 0 aliphatic carbocycles. The molecule has 1 fully saturated rings. The number of nitrogens with zero attached hydrogens (tertiary/aromatic N) is 2. The fourth-order valence-electron chi connectivity index (χ4n) is 3.93. The van der Waals surface area contributed by atoms with Gasteiger partial charge in [0.2, 0.25) is 0 Å². The first-order chi connectivity index (χ1) is 14.5. The molecule has 0 saturated carbocycles. The first-order valence-corrected chi connectivity index (χ1v) is 10.2. The van der Waals surface area contributed by atoms with Crippen molar-refractivity contribution in [1.82, 2.24) is 4.98 Å². The topological polar surface area (TPSA) is 42.2 Å². The van der Waals surface area contributed by atoms with Crippen molar-refractivity contribution in [3.05, 3.63) is 83.2 Å². The van der Waals surface area contributed by atoms with E-state index in [0.717, 1.165) is 59.4 Å². The quantitative estimate of drug-likeness (QED) is 0.629. The van der Waals surface area contributed by atoms with E-state index in [0.29, 0.717) is 0 Å². The maximum atomic E-state index is 14.1. The minimum absolute atomic E-state index is 0.209. The fraction of sp³-hybridized carbons (Fsp3) is 0.240. The van der Waals surface area contributed by atoms with Crippen molar-refractivity contribution in [3.8, 4) is 11.1 Å². The Bertz CT molecular complexity index is 1030. The van der Waals surface area contributed by atoms with E-state index in [-0.39, 0.29) is 17.7 Å². The van der Waals surface area contributed by atoms with Crippen LogP contribution >= 0.6 is 0 Å². The van der Waals surface area contributed by atoms with Gasteiger partial charge in [-0.1, -0.05) is 30.4 Å². The Hall–Kier alpha value is -3.05. The molecule has 154 valence electrons. The van der Waals surface area contributed by atoms with Gasteiger partial charge in [0.1, 0.15) is 11.6 Å². The van der Waals surface area contributed by atoms with Crippen molar-refractivity contribution in [2.24, 2.45) is 5.73 Å². The molecule has 1 aliphatic rings. The molecule has 2 N–H and O–H groups in total. The third-order valence-electron chi connectivity index (χ3n) is 5.48. The van der Waals surface area contributed by atoms with Gasteiger partial charge >= 0.3 is 0 Å². The summed E-state index contributed by atoms with van der Waals surface area (Å²) >= 11 is 0. The number of anilines is 1. The minimum Gasteiger partial charge on any atom is -0.370 e. The Kier molecular flexibility index (Phi) is 5.91. The van der Waals surface area contributed by atoms with Gasteiger partial charge in [-0.2, -0.15) is 0 Å². The molecule has 1 aliphatic heterocycles. The number of piperidine rings is 1. The van der Waals surface area contributed by atoms with Gasteiger partial charge in [0, 0.05) is 42.7 Å². The SMILES string of the molecule is Cc1cc(F)cc(-c2cncc(/C=C/c3ccc(F)cc3)c2N2CCC(N)CC2)c1. The summed E-state index contributed by atoms with van der Waals surface area (Å²) in [4.78, 5) is 6.74. The number of pyridine rings is 1. The summed E-state index contributed by atoms with van der Waals surface area (Å²) in [6.07, 6.45) is 9.36. The van der Waals surface area contributed by atoms with E-state index in [9.17, 15) is 8.78 Å². The number of benzene rings is 2. The number of hydrogen-bond donors (Lipinski definition) is 1. The monoisotopic (exact) mass is 405 g/mol. The van der Waals surface area contributed by atoms with Gasteiger partial charge in [-0.3, -0.25) is 4.98 Å². The lowest BCUT2D eigenvalue weighted by molar-refractivity contribution is 0.501. The molecular formula is C25H25F2N3. The number of aromatic nitrogens is 1. The number of halogens is 2. The highest BCUT2D eigenvalue weighted by atomic mass is 19.1. The van der Waals surface area contributed by atoms with Crippen molar-refractivity contribution >= 4 is 17.8 Å². The zero-order chi connectivity index (χ0) is 21.1. The molecule has 3 aromatic rings. The van der Waals surface area contributed by atoms with Gasteiger partial charge in [-0.25, -0.2) is 8.78 Å². The summed E-state index contributed by atoms with van der Waals surface area (Å²) in [6.45, 7) is 3.56. The van der Waals surface area contributed by atoms with Crippen LogP contribution in [0.5, 0.6) is 0 Å². The molecular weight excluding hydrogens is 380 g/mol. The van der Waals surface area contributed by atoms with Crippen molar-refractivity contribution in [2.45, 2.75) is 25.8 Å². The van der Waals surface area contributed by atoms with Crippen LogP contribution in [0.4, 0.5) is 14.5 Å². The van der Waals surface area contributed by atoms with E-state index in [1.807, 2.05) is 31.3 Å². The Morgan fingerprint density at radius 3 is 2.40 bits per heavy atom. The molecule has 0 radical (unpaired) electrons. The van der Waals surface area contributed by atoms with Crippen molar-refractivity contribution < 1.29 is 8.78 Å². The first-order valence-electron chi connectivity index (χ1n) is 10.2. The second kappa shape index (κ2) is 8.76. The van der Waals surface area contributed by atoms with Crippen LogP contribution in [-0.2, 0) is 0 Å². The molecule has 2 aromatic carbocycles. The highest BCUT2D eigenvalue weighted by molar-refractivity contribution is 5.87. The molecule has 0 spiro atoms. The highest BCUT2D eigenvalue weighted by Crippen LogP contribution is 2.36. The van der Waals surface area contributed by atoms with Gasteiger partial charge in [0.25, 0.3) is 0 Å². The lowest BCUT2D eigenvalue weighted by Crippen LogP contribution is -2.40. The summed E-state index contributed by atoms with van der Waals surface area (Å²) in [6, 6.07) is 11.6. The molecule has 4 rings (SSSR count). The van der Waals surface area contributed by atoms with Crippen molar-refractivity contribution in [1.29, 1.82) is 0 Å². The predicted molar refractivity (Wildman–Crippen MR) is 119 cm³/mol. The van der Waals surface area contributed by atoms with Crippen LogP contribution < -0.4 is 10.6 Å². The van der Waals surface area contributed by atoms with Crippen LogP contribution in [0.1, 0.15) is 29.5 Å². The normalized spacial score (nSPS) is 15.1. The van der Waals surface area contributed by atoms with Gasteiger partial charge in [0.05, 0.1) is 5.69 Å². The Balaban J connectivity index is 1.80. The van der Waals surface area contributed by atoms with E-state index in [2.05, 4.69) is 9.88 Å². The first kappa shape index (κ1) is 20.2. The maximum absolute atomic E-state index is 14.1. The van der Waals surface area contributed by atoms with Gasteiger partial charge < -0.3 is 10.6 Å². The predicted octanol–water partition coefficient (Wildman–Crippen LogP) is 5.43. The fourth-order valence-corrected chi connectivity index (χ4v) is 3.93. The standard InChI is InChI=1S/C25H25F2N3/c1-17-12-20(14-22(27)13-17)24-16-29-15-19(5-2-18-3-6-21(26)7-4-18)25(24)30-10-8-23(28)9-11-30/h2-7,12-16,23H,8-11,28H2,1H3/b5-2+. The smallest absolute Gasteiger partial charge is 0.124 e. The van der Waals surface area contributed by atoms with Crippen LogP contribution in [-0.4, -0.2) is 24.1 Å². The van der Waals surface area contributed by atoms with Gasteiger partial charge in [0.15, 0.2) is 0 Å². The van der Waals surface area contributed by atoms with Crippen LogP contribution in [0.3, 0.4) is 0 Å². The molecule has 0 bridgehead atoms. The molecule has 0 atom stereocenters. The second-order valence-corrected chi connectivity index (χ2v) is 7.85. The molecule has 0 unspecified atom stereocenters. The maximum Gasteiger partial charge on any atom is 0.124 e. The molecule has 1 saturated heterocycles. The number of hydrogen-bond acceptors (Lipinski definition) is 3. The van der Waals surface area contributed by atoms with Gasteiger partial charge in [-0.15, -0.1) is 0 Å². The average Bonchev–Trinajstić information content (AvgIpc) is 2.73. The zero-order valence-electron chi connectivity index (χ0n) is 17.0. The lowest BCUT2D eigenvalue weighted by Gasteiger charge is -2.34. The van der Waals surface area contributed by atoms with Gasteiger partial charge in [-0.05, 0) is 60.7 Å². The van der Waals surface area contributed by atoms with Crippen LogP contribution in [0.15, 0.2) is 54.9 Å². The van der Waals surface area contributed by atoms with Crippen LogP contribution in [0.25, 0.3) is 23.3 Å². The Morgan fingerprint density at radius 1 is 0.967 bits per heavy atom. The average molecular weight is 405 g/mol. The Morgan fingerprint density at radius 2 is 1.70 bits per heavy atom. The largest absolute Gasteiger partial charge is 0.370 e. The van der Waals surface area contributed by atoms with Crippen molar-refractivity contribution in [3.63, 3.8) is 0 Å². The summed E-state index contributed by atoms with van der Waals surface area (Å²) in [7, 11) is 0. The van der Waals surface area contributed by atoms with E-state index in [1.165, 1.54) is 18.2 Å². The van der Waals surface area contributed by atoms with Crippen LogP contribution in [0, 0.1) is 18.6 Å². The minimum atomic E-state index is -0.261. The summed E-state index contributed by atoms with van der Waals surface area (Å²) in [5.74, 6) is -0.522. The molecule has 30 heavy (non-hydrogen) atoms. The summed E-state index contributed by atoms with van der Waals surface area (Å²) in [5.41, 5.74) is 11.6. The number of rotatable bonds is 4. The molecule has 3 nitrogen and oxygen atoms in total. The van der Waals surface area contributed by atoms with E-state index in [1.54, 1.807) is 24.4 Å². The summed E-state index contributed by atoms with van der Waals surface area (Å²) < 4.78 is 27.4. The Labute approximate surface area is 175 Å². The number of nitrogens with two attached hydrogens (primary N) is 1. The number of aryl methyl sites for hydroxylation is 1. The van der Waals surface area contributed by atoms with E-state index < -0.39 is 0 Å². The third kappa shape index (κ3) is 4.57. The van der Waals surface area contributed by atoms with E-state index >= 15 is 0 Å². The molecule has 1 aromatic heterocycles. The van der Waals surface area contributed by atoms with Crippen LogP contribution in [0.2, 0.25) is 0 Å². The van der Waals surface area contributed by atoms with E-state index in [4.69, 9.17) is 5.73 Å². The molecule has 0 amide bonds. The molecule has 2 heterocycles. The lowest BCUT2D eigenvalue weighted by atomic mass is 9.97. The summed E-state index contributed by atoms with van der Waals surface area (Å²) in [5, 5.41) is 0. The highest BCUT2D eigenvalue weighted by Gasteiger charge is 2.22.